The minimum absolute atomic E-state index is 0.0162. The van der Waals surface area contributed by atoms with Gasteiger partial charge >= 0.3 is 18.3 Å². The number of anilines is 4. The Morgan fingerprint density at radius 1 is 0.519 bits per heavy atom. The molecule has 1 amide bonds. The van der Waals surface area contributed by atoms with Crippen LogP contribution in [0, 0.1) is 13.8 Å². The molecule has 0 bridgehead atoms. The number of carbonyl (C=O) groups is 2. The number of methoxy groups -OCH3 is 6. The Labute approximate surface area is 433 Å². The van der Waals surface area contributed by atoms with Crippen LogP contribution in [0.2, 0.25) is 0 Å². The van der Waals surface area contributed by atoms with Gasteiger partial charge in [0.05, 0.1) is 42.7 Å². The number of aromatic carboxylic acids is 1. The molecule has 0 aliphatic heterocycles. The molecule has 402 valence electrons. The number of carboxylic acid groups (broad SMARTS) is 1. The summed E-state index contributed by atoms with van der Waals surface area (Å²) >= 11 is 0. The van der Waals surface area contributed by atoms with Gasteiger partial charge in [-0.2, -0.15) is 46.5 Å². The first-order valence-electron chi connectivity index (χ1n) is 22.2. The van der Waals surface area contributed by atoms with Crippen LogP contribution in [0.4, 0.5) is 49.6 Å². The summed E-state index contributed by atoms with van der Waals surface area (Å²) in [6.45, 7) is 2.90. The summed E-state index contributed by atoms with van der Waals surface area (Å²) in [4.78, 5) is 49.9. The van der Waals surface area contributed by atoms with E-state index in [0.29, 0.717) is 39.9 Å². The number of nitrogens with zero attached hydrogens (tertiary/aromatic N) is 10. The highest BCUT2D eigenvalue weighted by molar-refractivity contribution is 5.97. The zero-order chi connectivity index (χ0) is 55.9. The normalized spacial score (nSPS) is 11.2. The summed E-state index contributed by atoms with van der Waals surface area (Å²) in [7, 11) is 10.0. The molecule has 28 heteroatoms. The Morgan fingerprint density at radius 3 is 1.22 bits per heavy atom. The number of hydrogen-bond acceptors (Lipinski definition) is 18. The van der Waals surface area contributed by atoms with Crippen LogP contribution in [0.1, 0.15) is 43.5 Å². The molecule has 77 heavy (non-hydrogen) atoms. The first-order chi connectivity index (χ1) is 36.6. The Balaban J connectivity index is 0.000000224. The van der Waals surface area contributed by atoms with E-state index in [9.17, 15) is 41.0 Å². The maximum absolute atomic E-state index is 13.5. The van der Waals surface area contributed by atoms with Crippen molar-refractivity contribution < 1.29 is 69.5 Å². The second kappa shape index (κ2) is 22.8. The monoisotopic (exact) mass is 1070 g/mol. The zero-order valence-corrected chi connectivity index (χ0v) is 42.0. The summed E-state index contributed by atoms with van der Waals surface area (Å²) < 4.78 is 114. The molecule has 6 heterocycles. The topological polar surface area (TPSA) is 259 Å². The van der Waals surface area contributed by atoms with E-state index in [1.165, 1.54) is 100 Å². The molecule has 0 fully saturated rings. The van der Waals surface area contributed by atoms with Crippen molar-refractivity contribution in [2.75, 3.05) is 60.3 Å². The molecule has 8 aromatic rings. The summed E-state index contributed by atoms with van der Waals surface area (Å²) in [5.41, 5.74) is -0.0498. The highest BCUT2D eigenvalue weighted by Crippen LogP contribution is 2.36. The molecule has 0 saturated carbocycles. The third kappa shape index (κ3) is 12.4. The fourth-order valence-corrected chi connectivity index (χ4v) is 7.24. The molecule has 0 saturated heterocycles. The molecular formula is C49H45F6N13O9. The molecule has 0 atom stereocenters. The van der Waals surface area contributed by atoms with Crippen LogP contribution in [-0.4, -0.2) is 116 Å². The third-order valence-electron chi connectivity index (χ3n) is 10.9. The number of carboxylic acids is 1. The lowest BCUT2D eigenvalue weighted by atomic mass is 10.1. The van der Waals surface area contributed by atoms with Gasteiger partial charge in [-0.15, -0.1) is 0 Å². The highest BCUT2D eigenvalue weighted by Gasteiger charge is 2.36. The largest absolute Gasteiger partial charge is 0.497 e. The molecular weight excluding hydrogens is 1030 g/mol. The van der Waals surface area contributed by atoms with Gasteiger partial charge in [-0.1, -0.05) is 0 Å². The van der Waals surface area contributed by atoms with Crippen LogP contribution in [0.5, 0.6) is 34.8 Å². The number of benzene rings is 2. The van der Waals surface area contributed by atoms with Crippen molar-refractivity contribution in [1.82, 2.24) is 54.8 Å². The van der Waals surface area contributed by atoms with Gasteiger partial charge in [0.25, 0.3) is 5.91 Å². The molecule has 8 rings (SSSR count). The predicted molar refractivity (Wildman–Crippen MR) is 263 cm³/mol. The minimum Gasteiger partial charge on any atom is -0.497 e. The first-order valence-corrected chi connectivity index (χ1v) is 22.2. The van der Waals surface area contributed by atoms with Crippen LogP contribution in [-0.2, 0) is 12.4 Å². The number of pyridine rings is 2. The molecule has 22 nitrogen and oxygen atoms in total. The van der Waals surface area contributed by atoms with E-state index in [2.05, 4.69) is 56.1 Å². The second-order valence-corrected chi connectivity index (χ2v) is 15.9. The van der Waals surface area contributed by atoms with Gasteiger partial charge in [0.1, 0.15) is 34.1 Å². The van der Waals surface area contributed by atoms with E-state index < -0.39 is 35.6 Å². The van der Waals surface area contributed by atoms with Gasteiger partial charge in [0.15, 0.2) is 23.0 Å². The van der Waals surface area contributed by atoms with Gasteiger partial charge in [-0.05, 0) is 38.1 Å². The molecule has 2 aromatic carbocycles. The number of hydrogen-bond donors (Lipinski definition) is 4. The lowest BCUT2D eigenvalue weighted by molar-refractivity contribution is -0.142. The third-order valence-corrected chi connectivity index (χ3v) is 10.9. The van der Waals surface area contributed by atoms with E-state index in [-0.39, 0.29) is 74.5 Å². The SMILES string of the molecule is CNC(=O)c1cc(-c2cnc(Nc3cc(OC)cc(OC)c3)nc2-n2nc(C(F)(F)F)cc2C)cnc1OC.COc1cc(Nc2ncc(-c3cnc(OC)c(C(=O)O)c3)c(-n3nc(C(F)(F)F)cc3C)n2)cc(OC)c1. The van der Waals surface area contributed by atoms with Crippen molar-refractivity contribution in [2.45, 2.75) is 26.2 Å². The number of halogens is 6. The van der Waals surface area contributed by atoms with Crippen molar-refractivity contribution >= 4 is 35.1 Å². The number of ether oxygens (including phenoxy) is 6. The number of amides is 1. The maximum Gasteiger partial charge on any atom is 0.435 e. The number of alkyl halides is 6. The highest BCUT2D eigenvalue weighted by atomic mass is 19.4. The average Bonchev–Trinajstić information content (AvgIpc) is 4.05. The van der Waals surface area contributed by atoms with E-state index in [1.54, 1.807) is 36.4 Å². The standard InChI is InChI=1S/C25H24F3N7O4.C24H21F3N6O5/c1-13-6-20(25(26,27)28)34-35(13)21-19(14-7-18(22(36)29-2)23(39-5)30-11-14)12-31-24(33-21)32-15-8-16(37-3)10-17(9-15)38-4;1-12-5-19(24(25,26)27)32-33(12)20-18(13-6-17(22(34)35)21(38-4)28-10-13)11-29-23(31-20)30-14-7-15(36-2)9-16(8-14)37-3/h6-12H,1-5H3,(H,29,36)(H,31,32,33);5-11H,1-4H3,(H,34,35)(H,29,30,31). The molecule has 6 aromatic heterocycles. The Kier molecular flexibility index (Phi) is 16.3. The minimum atomic E-state index is -4.69. The fraction of sp³-hybridized carbons (Fsp3) is 0.224. The number of aromatic nitrogens is 10. The number of aryl methyl sites for hydroxylation is 2. The Hall–Kier alpha value is -9.76. The molecule has 0 unspecified atom stereocenters. The summed E-state index contributed by atoms with van der Waals surface area (Å²) in [6, 6.07) is 14.5. The summed E-state index contributed by atoms with van der Waals surface area (Å²) in [6.07, 6.45) is -3.94. The number of carbonyl (C=O) groups excluding carboxylic acids is 1. The summed E-state index contributed by atoms with van der Waals surface area (Å²) in [5, 5.41) is 25.5. The van der Waals surface area contributed by atoms with Crippen LogP contribution in [0.25, 0.3) is 33.9 Å². The van der Waals surface area contributed by atoms with E-state index >= 15 is 0 Å². The van der Waals surface area contributed by atoms with Crippen molar-refractivity contribution in [1.29, 1.82) is 0 Å². The van der Waals surface area contributed by atoms with E-state index in [0.717, 1.165) is 21.5 Å². The van der Waals surface area contributed by atoms with E-state index in [1.807, 2.05) is 0 Å². The van der Waals surface area contributed by atoms with Crippen molar-refractivity contribution in [3.63, 3.8) is 0 Å². The van der Waals surface area contributed by atoms with Crippen molar-refractivity contribution in [3.8, 4) is 68.6 Å². The van der Waals surface area contributed by atoms with Crippen molar-refractivity contribution in [3.05, 3.63) is 119 Å². The quantitative estimate of drug-likeness (QED) is 0.0660. The predicted octanol–water partition coefficient (Wildman–Crippen LogP) is 8.70. The maximum atomic E-state index is 13.5. The van der Waals surface area contributed by atoms with Gasteiger partial charge in [0, 0.05) is 113 Å². The van der Waals surface area contributed by atoms with Crippen molar-refractivity contribution in [2.24, 2.45) is 0 Å². The molecule has 0 spiro atoms. The molecule has 0 radical (unpaired) electrons. The van der Waals surface area contributed by atoms with Gasteiger partial charge < -0.3 is 49.5 Å². The van der Waals surface area contributed by atoms with Crippen LogP contribution in [0.15, 0.2) is 85.5 Å². The van der Waals surface area contributed by atoms with Crippen LogP contribution < -0.4 is 44.4 Å². The Bertz CT molecular complexity index is 3440. The van der Waals surface area contributed by atoms with E-state index in [4.69, 9.17) is 28.4 Å². The Morgan fingerprint density at radius 2 is 0.896 bits per heavy atom. The fourth-order valence-electron chi connectivity index (χ4n) is 7.24. The van der Waals surface area contributed by atoms with Gasteiger partial charge in [0.2, 0.25) is 23.7 Å². The average molecular weight is 1070 g/mol. The van der Waals surface area contributed by atoms with Crippen LogP contribution in [0.3, 0.4) is 0 Å². The molecule has 0 aliphatic carbocycles. The molecule has 0 aliphatic rings. The van der Waals surface area contributed by atoms with Gasteiger partial charge in [-0.3, -0.25) is 4.79 Å². The number of rotatable bonds is 16. The summed E-state index contributed by atoms with van der Waals surface area (Å²) in [5.74, 6) is 0.154. The lowest BCUT2D eigenvalue weighted by Crippen LogP contribution is -2.19. The molecule has 4 N–H and O–H groups in total. The first kappa shape index (κ1) is 55.0. The van der Waals surface area contributed by atoms with Gasteiger partial charge in [-0.25, -0.2) is 34.1 Å². The second-order valence-electron chi connectivity index (χ2n) is 15.9. The number of nitrogens with one attached hydrogen (secondary N) is 3. The van der Waals surface area contributed by atoms with Crippen LogP contribution >= 0.6 is 0 Å². The smallest absolute Gasteiger partial charge is 0.435 e. The zero-order valence-electron chi connectivity index (χ0n) is 42.0. The lowest BCUT2D eigenvalue weighted by Gasteiger charge is -2.15.